The van der Waals surface area contributed by atoms with Crippen molar-refractivity contribution < 1.29 is 13.6 Å². The number of hydrogen-bond acceptors (Lipinski definition) is 2. The third-order valence-corrected chi connectivity index (χ3v) is 2.46. The quantitative estimate of drug-likeness (QED) is 0.757. The van der Waals surface area contributed by atoms with Crippen LogP contribution in [0.1, 0.15) is 29.9 Å². The average Bonchev–Trinajstić information content (AvgIpc) is 2.57. The van der Waals surface area contributed by atoms with Gasteiger partial charge in [0.15, 0.2) is 0 Å². The normalized spacial score (nSPS) is 16.9. The highest BCUT2D eigenvalue weighted by Gasteiger charge is 2.47. The molecule has 2 rings (SSSR count). The summed E-state index contributed by atoms with van der Waals surface area (Å²) in [5, 5.41) is 3.90. The molecule has 0 aliphatic carbocycles. The molecule has 0 N–H and O–H groups in total. The second-order valence-corrected chi connectivity index (χ2v) is 3.82. The van der Waals surface area contributed by atoms with E-state index in [-0.39, 0.29) is 5.91 Å². The van der Waals surface area contributed by atoms with Crippen LogP contribution in [-0.4, -0.2) is 39.6 Å². The molecule has 1 fully saturated rings. The Bertz CT molecular complexity index is 387. The van der Waals surface area contributed by atoms with E-state index >= 15 is 0 Å². The predicted octanol–water partition coefficient (Wildman–Crippen LogP) is 1.85. The molecule has 17 heavy (non-hydrogen) atoms. The van der Waals surface area contributed by atoms with Gasteiger partial charge < -0.3 is 4.90 Å². The van der Waals surface area contributed by atoms with Crippen LogP contribution < -0.4 is 0 Å². The lowest BCUT2D eigenvalue weighted by molar-refractivity contribution is -0.113. The lowest BCUT2D eigenvalue weighted by Gasteiger charge is -2.38. The molecule has 0 radical (unpaired) electrons. The Balaban J connectivity index is 0.000000686. The molecule has 0 spiro atoms. The Kier molecular flexibility index (Phi) is 3.85. The van der Waals surface area contributed by atoms with Gasteiger partial charge in [-0.3, -0.25) is 9.48 Å². The molecular weight excluding hydrogens is 228 g/mol. The Morgan fingerprint density at radius 1 is 1.41 bits per heavy atom. The van der Waals surface area contributed by atoms with Crippen molar-refractivity contribution in [1.29, 1.82) is 0 Å². The molecule has 0 aromatic carbocycles. The maximum Gasteiger partial charge on any atom is 0.282 e. The van der Waals surface area contributed by atoms with Crippen molar-refractivity contribution in [2.24, 2.45) is 7.05 Å². The molecule has 1 aromatic heterocycles. The largest absolute Gasteiger partial charge is 0.325 e. The van der Waals surface area contributed by atoms with Crippen molar-refractivity contribution >= 4 is 5.91 Å². The molecule has 1 amide bonds. The summed E-state index contributed by atoms with van der Waals surface area (Å²) in [6.45, 7) is 4.76. The van der Waals surface area contributed by atoms with Gasteiger partial charge in [-0.25, -0.2) is 8.78 Å². The number of likely N-dealkylation sites (tertiary alicyclic amines) is 1. The van der Waals surface area contributed by atoms with E-state index in [9.17, 15) is 13.6 Å². The van der Waals surface area contributed by atoms with E-state index in [0.29, 0.717) is 11.3 Å². The van der Waals surface area contributed by atoms with Crippen LogP contribution in [0.15, 0.2) is 6.20 Å². The summed E-state index contributed by atoms with van der Waals surface area (Å²) in [7, 11) is 1.62. The van der Waals surface area contributed by atoms with Gasteiger partial charge in [-0.05, 0) is 12.5 Å². The minimum absolute atomic E-state index is 0.376. The zero-order valence-corrected chi connectivity index (χ0v) is 10.5. The molecule has 2 heterocycles. The van der Waals surface area contributed by atoms with Crippen LogP contribution in [0, 0.1) is 6.92 Å². The number of carbonyl (C=O) groups excluding carboxylic acids is 1. The van der Waals surface area contributed by atoms with Crippen molar-refractivity contribution in [2.45, 2.75) is 26.7 Å². The van der Waals surface area contributed by atoms with Gasteiger partial charge in [0, 0.05) is 7.05 Å². The molecule has 0 atom stereocenters. The number of amides is 1. The van der Waals surface area contributed by atoms with E-state index in [1.54, 1.807) is 20.2 Å². The van der Waals surface area contributed by atoms with Crippen molar-refractivity contribution in [2.75, 3.05) is 13.1 Å². The number of alkyl halides is 2. The number of rotatable bonds is 1. The van der Waals surface area contributed by atoms with Crippen LogP contribution in [0.3, 0.4) is 0 Å². The van der Waals surface area contributed by atoms with Crippen LogP contribution in [0.2, 0.25) is 0 Å². The molecule has 0 bridgehead atoms. The molecule has 6 heteroatoms. The number of aryl methyl sites for hydroxylation is 2. The van der Waals surface area contributed by atoms with E-state index in [1.165, 1.54) is 4.68 Å². The lowest BCUT2D eigenvalue weighted by atomic mass is 10.1. The monoisotopic (exact) mass is 245 g/mol. The minimum Gasteiger partial charge on any atom is -0.325 e. The van der Waals surface area contributed by atoms with Crippen molar-refractivity contribution in [3.63, 3.8) is 0 Å². The Hall–Kier alpha value is -1.46. The third kappa shape index (κ3) is 2.62. The molecule has 0 unspecified atom stereocenters. The fourth-order valence-corrected chi connectivity index (χ4v) is 1.66. The molecular formula is C11H17F2N3O. The number of nitrogens with zero attached hydrogens (tertiary/aromatic N) is 3. The molecule has 1 aliphatic rings. The summed E-state index contributed by atoms with van der Waals surface area (Å²) >= 11 is 0. The fraction of sp³-hybridized carbons (Fsp3) is 0.636. The van der Waals surface area contributed by atoms with Gasteiger partial charge in [0.1, 0.15) is 5.69 Å². The van der Waals surface area contributed by atoms with Gasteiger partial charge in [0.2, 0.25) is 0 Å². The van der Waals surface area contributed by atoms with Crippen LogP contribution in [0.5, 0.6) is 0 Å². The van der Waals surface area contributed by atoms with E-state index in [0.717, 1.165) is 4.90 Å². The number of halogens is 2. The standard InChI is InChI=1S/C9H11F2N3O.C2H6/c1-6-3-12-13(2)7(6)8(15)14-4-9(10,11)5-14;1-2/h3H,4-5H2,1-2H3;1-2H3. The Morgan fingerprint density at radius 2 is 1.94 bits per heavy atom. The van der Waals surface area contributed by atoms with E-state index in [2.05, 4.69) is 5.10 Å². The summed E-state index contributed by atoms with van der Waals surface area (Å²) in [4.78, 5) is 12.9. The van der Waals surface area contributed by atoms with Crippen LogP contribution in [0.25, 0.3) is 0 Å². The van der Waals surface area contributed by atoms with Crippen molar-refractivity contribution in [3.05, 3.63) is 17.5 Å². The maximum atomic E-state index is 12.6. The molecule has 1 aromatic rings. The first-order chi connectivity index (χ1) is 7.91. The number of hydrogen-bond donors (Lipinski definition) is 0. The summed E-state index contributed by atoms with van der Waals surface area (Å²) in [5.74, 6) is -3.10. The van der Waals surface area contributed by atoms with E-state index in [1.807, 2.05) is 13.8 Å². The second kappa shape index (κ2) is 4.81. The van der Waals surface area contributed by atoms with Crippen molar-refractivity contribution in [1.82, 2.24) is 14.7 Å². The summed E-state index contributed by atoms with van der Waals surface area (Å²) in [5.41, 5.74) is 1.09. The highest BCUT2D eigenvalue weighted by molar-refractivity contribution is 5.94. The molecule has 1 saturated heterocycles. The molecule has 0 saturated carbocycles. The molecule has 1 aliphatic heterocycles. The predicted molar refractivity (Wildman–Crippen MR) is 60.1 cm³/mol. The van der Waals surface area contributed by atoms with E-state index in [4.69, 9.17) is 0 Å². The average molecular weight is 245 g/mol. The molecule has 4 nitrogen and oxygen atoms in total. The molecule has 96 valence electrons. The van der Waals surface area contributed by atoms with Gasteiger partial charge in [-0.2, -0.15) is 5.10 Å². The van der Waals surface area contributed by atoms with Crippen LogP contribution >= 0.6 is 0 Å². The van der Waals surface area contributed by atoms with Gasteiger partial charge in [0.05, 0.1) is 19.3 Å². The number of aromatic nitrogens is 2. The Morgan fingerprint density at radius 3 is 2.29 bits per heavy atom. The first kappa shape index (κ1) is 13.6. The van der Waals surface area contributed by atoms with Gasteiger partial charge in [-0.15, -0.1) is 0 Å². The highest BCUT2D eigenvalue weighted by Crippen LogP contribution is 2.28. The van der Waals surface area contributed by atoms with Gasteiger partial charge >= 0.3 is 0 Å². The smallest absolute Gasteiger partial charge is 0.282 e. The summed E-state index contributed by atoms with van der Waals surface area (Å²) in [6.07, 6.45) is 1.55. The zero-order valence-electron chi connectivity index (χ0n) is 10.5. The van der Waals surface area contributed by atoms with E-state index < -0.39 is 19.0 Å². The van der Waals surface area contributed by atoms with Gasteiger partial charge in [-0.1, -0.05) is 13.8 Å². The SMILES string of the molecule is CC.Cc1cnn(C)c1C(=O)N1CC(F)(F)C1. The van der Waals surface area contributed by atoms with Crippen molar-refractivity contribution in [3.8, 4) is 0 Å². The highest BCUT2D eigenvalue weighted by atomic mass is 19.3. The summed E-state index contributed by atoms with van der Waals surface area (Å²) in [6, 6.07) is 0. The maximum absolute atomic E-state index is 12.6. The minimum atomic E-state index is -2.72. The second-order valence-electron chi connectivity index (χ2n) is 3.82. The third-order valence-electron chi connectivity index (χ3n) is 2.46. The zero-order chi connectivity index (χ0) is 13.2. The Labute approximate surface area is 99.2 Å². The first-order valence-electron chi connectivity index (χ1n) is 5.56. The first-order valence-corrected chi connectivity index (χ1v) is 5.56. The van der Waals surface area contributed by atoms with Crippen LogP contribution in [0.4, 0.5) is 8.78 Å². The topological polar surface area (TPSA) is 38.1 Å². The lowest BCUT2D eigenvalue weighted by Crippen LogP contribution is -2.58. The van der Waals surface area contributed by atoms with Gasteiger partial charge in [0.25, 0.3) is 11.8 Å². The number of carbonyl (C=O) groups is 1. The fourth-order valence-electron chi connectivity index (χ4n) is 1.66. The summed E-state index contributed by atoms with van der Waals surface area (Å²) < 4.78 is 26.6. The van der Waals surface area contributed by atoms with Crippen LogP contribution in [-0.2, 0) is 7.05 Å².